The predicted molar refractivity (Wildman–Crippen MR) is 137 cm³/mol. The minimum absolute atomic E-state index is 0.220. The average Bonchev–Trinajstić information content (AvgIpc) is 3.34. The number of amides is 1. The molecule has 0 saturated carbocycles. The summed E-state index contributed by atoms with van der Waals surface area (Å²) in [6.07, 6.45) is -1.70. The van der Waals surface area contributed by atoms with E-state index < -0.39 is 16.8 Å². The van der Waals surface area contributed by atoms with Crippen LogP contribution in [0.4, 0.5) is 18.9 Å². The lowest BCUT2D eigenvalue weighted by Gasteiger charge is -2.13. The Bertz CT molecular complexity index is 1460. The first-order chi connectivity index (χ1) is 17.1. The lowest BCUT2D eigenvalue weighted by molar-refractivity contribution is -0.137. The Labute approximate surface area is 219 Å². The Hall–Kier alpha value is -3.26. The van der Waals surface area contributed by atoms with Crippen LogP contribution in [0.25, 0.3) is 11.3 Å². The highest BCUT2D eigenvalue weighted by Gasteiger charge is 2.33. The number of hydrogen-bond acceptors (Lipinski definition) is 2. The fourth-order valence-corrected chi connectivity index (χ4v) is 4.08. The molecule has 36 heavy (non-hydrogen) atoms. The highest BCUT2D eigenvalue weighted by Crippen LogP contribution is 2.36. The van der Waals surface area contributed by atoms with Crippen molar-refractivity contribution in [3.63, 3.8) is 0 Å². The summed E-state index contributed by atoms with van der Waals surface area (Å²) in [5.74, 6) is -0.0880. The number of halogens is 6. The molecule has 0 radical (unpaired) electrons. The maximum Gasteiger partial charge on any atom is 0.417 e. The third kappa shape index (κ3) is 5.59. The van der Waals surface area contributed by atoms with Gasteiger partial charge in [0.15, 0.2) is 0 Å². The van der Waals surface area contributed by atoms with E-state index in [2.05, 4.69) is 16.9 Å². The number of anilines is 1. The number of nitrogens with zero attached hydrogens (tertiary/aromatic N) is 2. The van der Waals surface area contributed by atoms with Crippen molar-refractivity contribution < 1.29 is 18.0 Å². The van der Waals surface area contributed by atoms with Gasteiger partial charge in [0.2, 0.25) is 0 Å². The van der Waals surface area contributed by atoms with Crippen molar-refractivity contribution in [2.24, 2.45) is 0 Å². The average molecular weight is 551 g/mol. The minimum atomic E-state index is -4.60. The Balaban J connectivity index is 1.64. The van der Waals surface area contributed by atoms with Crippen LogP contribution in [-0.2, 0) is 12.1 Å². The number of alkyl halides is 4. The number of aromatic nitrogens is 2. The van der Waals surface area contributed by atoms with E-state index in [1.807, 2.05) is 6.07 Å². The Morgan fingerprint density at radius 3 is 2.56 bits per heavy atom. The summed E-state index contributed by atoms with van der Waals surface area (Å²) in [5.41, 5.74) is 2.21. The number of hydrogen-bond donors (Lipinski definition) is 1. The van der Waals surface area contributed by atoms with Gasteiger partial charge in [-0.1, -0.05) is 41.9 Å². The number of rotatable bonds is 6. The molecular weight excluding hydrogens is 534 g/mol. The first kappa shape index (κ1) is 25.8. The lowest BCUT2D eigenvalue weighted by Crippen LogP contribution is -2.13. The van der Waals surface area contributed by atoms with Crippen LogP contribution >= 0.6 is 34.8 Å². The summed E-state index contributed by atoms with van der Waals surface area (Å²) in [4.78, 5) is 17.2. The second-order valence-electron chi connectivity index (χ2n) is 7.78. The molecule has 0 aliphatic heterocycles. The number of nitrogens with one attached hydrogen (secondary N) is 1. The van der Waals surface area contributed by atoms with Crippen molar-refractivity contribution in [2.45, 2.75) is 12.1 Å². The van der Waals surface area contributed by atoms with Crippen molar-refractivity contribution in [3.8, 4) is 5.69 Å². The molecule has 1 aromatic heterocycles. The highest BCUT2D eigenvalue weighted by atomic mass is 35.5. The van der Waals surface area contributed by atoms with Crippen LogP contribution in [-0.4, -0.2) is 15.5 Å². The molecule has 184 valence electrons. The van der Waals surface area contributed by atoms with Crippen molar-refractivity contribution in [1.29, 1.82) is 0 Å². The number of carbonyl (C=O) groups excluding carboxylic acids is 1. The third-order valence-electron chi connectivity index (χ3n) is 5.34. The molecule has 4 aromatic rings. The summed E-state index contributed by atoms with van der Waals surface area (Å²) >= 11 is 17.8. The summed E-state index contributed by atoms with van der Waals surface area (Å²) in [5, 5.41) is 2.86. The van der Waals surface area contributed by atoms with Crippen molar-refractivity contribution in [2.75, 3.05) is 5.32 Å². The number of carbonyl (C=O) groups is 1. The van der Waals surface area contributed by atoms with Crippen molar-refractivity contribution in [1.82, 2.24) is 9.55 Å². The fourth-order valence-electron chi connectivity index (χ4n) is 3.51. The molecule has 4 nitrogen and oxygen atoms in total. The molecule has 3 aromatic carbocycles. The van der Waals surface area contributed by atoms with Crippen LogP contribution in [0.2, 0.25) is 10.0 Å². The monoisotopic (exact) mass is 549 g/mol. The van der Waals surface area contributed by atoms with Gasteiger partial charge in [0.1, 0.15) is 0 Å². The van der Waals surface area contributed by atoms with E-state index in [4.69, 9.17) is 34.8 Å². The molecule has 0 atom stereocenters. The van der Waals surface area contributed by atoms with Gasteiger partial charge in [0.25, 0.3) is 5.91 Å². The van der Waals surface area contributed by atoms with Gasteiger partial charge in [0, 0.05) is 45.2 Å². The molecule has 0 saturated heterocycles. The van der Waals surface area contributed by atoms with Gasteiger partial charge in [-0.2, -0.15) is 13.2 Å². The molecular formula is C26H17Cl3F3N3O. The molecule has 0 spiro atoms. The van der Waals surface area contributed by atoms with E-state index in [0.29, 0.717) is 33.1 Å². The standard InChI is InChI=1S/C26H17Cl3F3N3O/c1-15(24-13-35(14-33-24)19-6-7-22(29)21(11-19)26(30,31)32)20-10-18(28)5-8-23(20)34-25(36)17-4-2-3-16(9-17)12-27/h2-11,13-14H,1,12H2,(H,34,36). The summed E-state index contributed by atoms with van der Waals surface area (Å²) < 4.78 is 41.2. The highest BCUT2D eigenvalue weighted by molar-refractivity contribution is 6.31. The Kier molecular flexibility index (Phi) is 7.45. The van der Waals surface area contributed by atoms with Gasteiger partial charge >= 0.3 is 6.18 Å². The van der Waals surface area contributed by atoms with Crippen LogP contribution < -0.4 is 5.32 Å². The summed E-state index contributed by atoms with van der Waals surface area (Å²) in [7, 11) is 0. The van der Waals surface area contributed by atoms with Crippen LogP contribution in [0.1, 0.15) is 32.7 Å². The quantitative estimate of drug-likeness (QED) is 0.246. The third-order valence-corrected chi connectivity index (χ3v) is 6.22. The van der Waals surface area contributed by atoms with Gasteiger partial charge in [0.05, 0.1) is 22.6 Å². The second kappa shape index (κ2) is 10.4. The molecule has 0 unspecified atom stereocenters. The topological polar surface area (TPSA) is 46.9 Å². The molecule has 0 bridgehead atoms. The first-order valence-corrected chi connectivity index (χ1v) is 11.7. The van der Waals surface area contributed by atoms with E-state index in [0.717, 1.165) is 11.6 Å². The minimum Gasteiger partial charge on any atom is -0.321 e. The first-order valence-electron chi connectivity index (χ1n) is 10.4. The maximum atomic E-state index is 13.3. The van der Waals surface area contributed by atoms with Crippen LogP contribution in [0.3, 0.4) is 0 Å². The van der Waals surface area contributed by atoms with E-state index in [9.17, 15) is 18.0 Å². The van der Waals surface area contributed by atoms with Gasteiger partial charge in [-0.05, 0) is 54.1 Å². The van der Waals surface area contributed by atoms with E-state index in [-0.39, 0.29) is 17.5 Å². The zero-order valence-electron chi connectivity index (χ0n) is 18.4. The smallest absolute Gasteiger partial charge is 0.321 e. The van der Waals surface area contributed by atoms with Gasteiger partial charge in [-0.25, -0.2) is 4.98 Å². The van der Waals surface area contributed by atoms with Crippen LogP contribution in [0.15, 0.2) is 79.8 Å². The van der Waals surface area contributed by atoms with Gasteiger partial charge in [-0.3, -0.25) is 4.79 Å². The molecule has 0 aliphatic rings. The van der Waals surface area contributed by atoms with Crippen LogP contribution in [0, 0.1) is 0 Å². The SMILES string of the molecule is C=C(c1cn(-c2ccc(Cl)c(C(F)(F)F)c2)cn1)c1cc(Cl)ccc1NC(=O)c1cccc(CCl)c1. The summed E-state index contributed by atoms with van der Waals surface area (Å²) in [6, 6.07) is 15.4. The second-order valence-corrected chi connectivity index (χ2v) is 8.90. The number of imidazole rings is 1. The predicted octanol–water partition coefficient (Wildman–Crippen LogP) is 8.25. The lowest BCUT2D eigenvalue weighted by atomic mass is 10.0. The largest absolute Gasteiger partial charge is 0.417 e. The van der Waals surface area contributed by atoms with E-state index >= 15 is 0 Å². The summed E-state index contributed by atoms with van der Waals surface area (Å²) in [6.45, 7) is 4.08. The number of benzene rings is 3. The molecule has 0 fully saturated rings. The molecule has 4 rings (SSSR count). The molecule has 10 heteroatoms. The molecule has 1 amide bonds. The van der Waals surface area contributed by atoms with Crippen molar-refractivity contribution >= 4 is 52.0 Å². The molecule has 0 aliphatic carbocycles. The Morgan fingerprint density at radius 2 is 1.83 bits per heavy atom. The fraction of sp³-hybridized carbons (Fsp3) is 0.0769. The van der Waals surface area contributed by atoms with E-state index in [1.54, 1.807) is 36.4 Å². The molecule has 1 heterocycles. The normalized spacial score (nSPS) is 11.4. The van der Waals surface area contributed by atoms with E-state index in [1.165, 1.54) is 29.2 Å². The van der Waals surface area contributed by atoms with Crippen LogP contribution in [0.5, 0.6) is 0 Å². The maximum absolute atomic E-state index is 13.3. The van der Waals surface area contributed by atoms with Gasteiger partial charge < -0.3 is 9.88 Å². The Morgan fingerprint density at radius 1 is 1.06 bits per heavy atom. The molecule has 1 N–H and O–H groups in total. The van der Waals surface area contributed by atoms with Gasteiger partial charge in [-0.15, -0.1) is 11.6 Å². The zero-order valence-corrected chi connectivity index (χ0v) is 20.7. The van der Waals surface area contributed by atoms with Crippen molar-refractivity contribution in [3.05, 3.63) is 118 Å². The zero-order chi connectivity index (χ0) is 26.0.